The molecule has 1 saturated heterocycles. The summed E-state index contributed by atoms with van der Waals surface area (Å²) < 4.78 is 21.8. The number of methoxy groups -OCH3 is 1. The van der Waals surface area contributed by atoms with E-state index in [1.165, 1.54) is 58.9 Å². The summed E-state index contributed by atoms with van der Waals surface area (Å²) in [5.74, 6) is -0.606. The molecule has 2 atom stereocenters. The van der Waals surface area contributed by atoms with Crippen molar-refractivity contribution in [2.45, 2.75) is 109 Å². The Morgan fingerprint density at radius 1 is 1.08 bits per heavy atom. The van der Waals surface area contributed by atoms with Crippen molar-refractivity contribution in [1.82, 2.24) is 0 Å². The third-order valence-electron chi connectivity index (χ3n) is 5.96. The number of carbonyl (C=O) groups is 1. The van der Waals surface area contributed by atoms with E-state index < -0.39 is 24.2 Å². The van der Waals surface area contributed by atoms with Gasteiger partial charge in [-0.25, -0.2) is 0 Å². The Morgan fingerprint density at radius 2 is 1.58 bits per heavy atom. The van der Waals surface area contributed by atoms with Crippen LogP contribution in [0, 0.1) is 0 Å². The number of rotatable bonds is 13. The monoisotopic (exact) mass is 478 g/mol. The fourth-order valence-corrected chi connectivity index (χ4v) is 23.2. The van der Waals surface area contributed by atoms with Crippen LogP contribution in [0.25, 0.3) is 0 Å². The van der Waals surface area contributed by atoms with Gasteiger partial charge in [-0.2, -0.15) is 0 Å². The fourth-order valence-electron chi connectivity index (χ4n) is 4.44. The van der Waals surface area contributed by atoms with Gasteiger partial charge in [-0.1, -0.05) is 0 Å². The third kappa shape index (κ3) is 7.31. The van der Waals surface area contributed by atoms with Crippen LogP contribution in [0.4, 0.5) is 0 Å². The zero-order chi connectivity index (χ0) is 19.6. The summed E-state index contributed by atoms with van der Waals surface area (Å²) in [5, 5.41) is 0. The topological polar surface area (TPSA) is 44.8 Å². The molecule has 4 nitrogen and oxygen atoms in total. The molecule has 0 aliphatic carbocycles. The molecule has 1 fully saturated rings. The Bertz CT molecular complexity index is 389. The third-order valence-corrected chi connectivity index (χ3v) is 23.7. The standard InChI is InChI=1S/C9H15O4.3C4H9.Sn/c1-9(2)12-6-7(13-9)4-5-8(10)11-3;3*1-3-4-2;/h4,7H,5-6H2,1-3H3;3*1,3-4H2,2H3;/t7-;;;;/m1..../s1. The van der Waals surface area contributed by atoms with Gasteiger partial charge in [-0.15, -0.1) is 0 Å². The average Bonchev–Trinajstić information content (AvgIpc) is 2.99. The molecule has 0 spiro atoms. The first-order chi connectivity index (χ1) is 12.3. The van der Waals surface area contributed by atoms with E-state index in [2.05, 4.69) is 20.8 Å². The number of esters is 1. The molecule has 0 radical (unpaired) electrons. The summed E-state index contributed by atoms with van der Waals surface area (Å²) in [7, 11) is 1.51. The molecule has 0 aromatic carbocycles. The molecule has 1 heterocycles. The Labute approximate surface area is 165 Å². The van der Waals surface area contributed by atoms with Gasteiger partial charge < -0.3 is 0 Å². The van der Waals surface area contributed by atoms with Crippen molar-refractivity contribution in [1.29, 1.82) is 0 Å². The molecule has 0 amide bonds. The van der Waals surface area contributed by atoms with E-state index >= 15 is 0 Å². The minimum absolute atomic E-state index is 0.0606. The van der Waals surface area contributed by atoms with Gasteiger partial charge in [-0.05, 0) is 0 Å². The number of carbonyl (C=O) groups excluding carboxylic acids is 1. The van der Waals surface area contributed by atoms with Crippen molar-refractivity contribution in [2.24, 2.45) is 0 Å². The number of hydrogen-bond acceptors (Lipinski definition) is 4. The van der Waals surface area contributed by atoms with E-state index in [0.29, 0.717) is 17.0 Å². The molecule has 0 N–H and O–H groups in total. The van der Waals surface area contributed by atoms with E-state index in [0.717, 1.165) is 0 Å². The average molecular weight is 477 g/mol. The first-order valence-corrected chi connectivity index (χ1v) is 18.4. The predicted molar refractivity (Wildman–Crippen MR) is 110 cm³/mol. The molecule has 1 aliphatic heterocycles. The summed E-state index contributed by atoms with van der Waals surface area (Å²) in [6.45, 7) is 11.4. The summed E-state index contributed by atoms with van der Waals surface area (Å²) in [6.07, 6.45) is 8.15. The van der Waals surface area contributed by atoms with E-state index in [4.69, 9.17) is 14.2 Å². The zero-order valence-corrected chi connectivity index (χ0v) is 20.9. The molecule has 1 rings (SSSR count). The molecule has 26 heavy (non-hydrogen) atoms. The van der Waals surface area contributed by atoms with E-state index in [-0.39, 0.29) is 12.1 Å². The molecule has 0 aromatic heterocycles. The summed E-state index contributed by atoms with van der Waals surface area (Å²) >= 11 is -2.64. The Balaban J connectivity index is 3.18. The van der Waals surface area contributed by atoms with Crippen molar-refractivity contribution in [2.75, 3.05) is 13.7 Å². The van der Waals surface area contributed by atoms with Gasteiger partial charge in [0.05, 0.1) is 0 Å². The Kier molecular flexibility index (Phi) is 11.1. The molecule has 0 aromatic rings. The SMILES string of the molecule is CCC[CH2][Sn]([CH2]CCC)([CH2]CCC)[C@H](CC(=O)OC)[C@@H]1COC(C)(C)O1. The molecule has 5 heteroatoms. The number of unbranched alkanes of at least 4 members (excludes halogenated alkanes) is 3. The molecule has 0 unspecified atom stereocenters. The van der Waals surface area contributed by atoms with Crippen molar-refractivity contribution < 1.29 is 19.0 Å². The van der Waals surface area contributed by atoms with Gasteiger partial charge in [0, 0.05) is 0 Å². The molecule has 0 bridgehead atoms. The molecular weight excluding hydrogens is 435 g/mol. The Hall–Kier alpha value is 0.189. The van der Waals surface area contributed by atoms with Gasteiger partial charge in [0.25, 0.3) is 0 Å². The van der Waals surface area contributed by atoms with Crippen LogP contribution < -0.4 is 0 Å². The second-order valence-corrected chi connectivity index (χ2v) is 22.6. The number of hydrogen-bond donors (Lipinski definition) is 0. The van der Waals surface area contributed by atoms with Crippen LogP contribution in [-0.4, -0.2) is 50.0 Å². The summed E-state index contributed by atoms with van der Waals surface area (Å²) in [6, 6.07) is 0. The predicted octanol–water partition coefficient (Wildman–Crippen LogP) is 5.92. The van der Waals surface area contributed by atoms with Gasteiger partial charge in [0.15, 0.2) is 0 Å². The summed E-state index contributed by atoms with van der Waals surface area (Å²) in [5.41, 5.74) is 0. The van der Waals surface area contributed by atoms with Crippen LogP contribution in [0.1, 0.15) is 79.6 Å². The van der Waals surface area contributed by atoms with Crippen molar-refractivity contribution in [3.8, 4) is 0 Å². The van der Waals surface area contributed by atoms with E-state index in [1.807, 2.05) is 13.8 Å². The van der Waals surface area contributed by atoms with Crippen LogP contribution >= 0.6 is 0 Å². The van der Waals surface area contributed by atoms with Crippen LogP contribution in [-0.2, 0) is 19.0 Å². The molecule has 0 saturated carbocycles. The quantitative estimate of drug-likeness (QED) is 0.244. The molecular formula is C21H42O4Sn. The second kappa shape index (κ2) is 11.9. The first kappa shape index (κ1) is 24.2. The van der Waals surface area contributed by atoms with Crippen LogP contribution in [0.5, 0.6) is 0 Å². The Morgan fingerprint density at radius 3 is 1.92 bits per heavy atom. The van der Waals surface area contributed by atoms with Crippen LogP contribution in [0.2, 0.25) is 17.2 Å². The first-order valence-electron chi connectivity index (χ1n) is 10.7. The van der Waals surface area contributed by atoms with Gasteiger partial charge in [0.2, 0.25) is 0 Å². The molecule has 1 aliphatic rings. The van der Waals surface area contributed by atoms with E-state index in [1.54, 1.807) is 0 Å². The summed E-state index contributed by atoms with van der Waals surface area (Å²) in [4.78, 5) is 12.3. The fraction of sp³-hybridized carbons (Fsp3) is 0.952. The number of ether oxygens (including phenoxy) is 3. The van der Waals surface area contributed by atoms with Crippen molar-refractivity contribution >= 4 is 24.3 Å². The molecule has 154 valence electrons. The van der Waals surface area contributed by atoms with Gasteiger partial charge in [0.1, 0.15) is 0 Å². The van der Waals surface area contributed by atoms with Crippen LogP contribution in [0.3, 0.4) is 0 Å². The van der Waals surface area contributed by atoms with E-state index in [9.17, 15) is 4.79 Å². The maximum absolute atomic E-state index is 12.3. The maximum atomic E-state index is 12.3. The van der Waals surface area contributed by atoms with Gasteiger partial charge in [-0.3, -0.25) is 0 Å². The minimum atomic E-state index is -2.64. The second-order valence-electron chi connectivity index (χ2n) is 8.43. The normalized spacial score (nSPS) is 20.9. The van der Waals surface area contributed by atoms with Crippen LogP contribution in [0.15, 0.2) is 0 Å². The van der Waals surface area contributed by atoms with Crippen molar-refractivity contribution in [3.05, 3.63) is 0 Å². The zero-order valence-electron chi connectivity index (χ0n) is 18.1. The van der Waals surface area contributed by atoms with Crippen molar-refractivity contribution in [3.63, 3.8) is 0 Å². The van der Waals surface area contributed by atoms with Gasteiger partial charge >= 0.3 is 166 Å².